The van der Waals surface area contributed by atoms with Crippen molar-refractivity contribution in [2.24, 2.45) is 7.05 Å². The van der Waals surface area contributed by atoms with Crippen molar-refractivity contribution in [1.82, 2.24) is 20.0 Å². The van der Waals surface area contributed by atoms with Gasteiger partial charge in [0.25, 0.3) is 0 Å². The third-order valence-corrected chi connectivity index (χ3v) is 1.57. The standard InChI is InChI=1S/C8H16N4/c1-11(2)10-5-4-8-6-12(3)7-9-8/h6-7,10H,4-5H2,1-3H3. The molecule has 0 amide bonds. The molecule has 1 rings (SSSR count). The average molecular weight is 168 g/mol. The Morgan fingerprint density at radius 2 is 2.33 bits per heavy atom. The summed E-state index contributed by atoms with van der Waals surface area (Å²) in [4.78, 5) is 4.22. The number of rotatable bonds is 4. The van der Waals surface area contributed by atoms with Crippen molar-refractivity contribution in [3.8, 4) is 0 Å². The quantitative estimate of drug-likeness (QED) is 0.644. The number of aryl methyl sites for hydroxylation is 1. The maximum atomic E-state index is 4.22. The summed E-state index contributed by atoms with van der Waals surface area (Å²) >= 11 is 0. The van der Waals surface area contributed by atoms with E-state index in [0.717, 1.165) is 18.7 Å². The summed E-state index contributed by atoms with van der Waals surface area (Å²) in [6, 6.07) is 0. The van der Waals surface area contributed by atoms with Gasteiger partial charge in [-0.05, 0) is 0 Å². The van der Waals surface area contributed by atoms with E-state index in [1.54, 1.807) is 0 Å². The lowest BCUT2D eigenvalue weighted by molar-refractivity contribution is 0.292. The Kier molecular flexibility index (Phi) is 3.25. The topological polar surface area (TPSA) is 33.1 Å². The van der Waals surface area contributed by atoms with E-state index in [-0.39, 0.29) is 0 Å². The highest BCUT2D eigenvalue weighted by Gasteiger charge is 1.95. The lowest BCUT2D eigenvalue weighted by atomic mass is 10.3. The van der Waals surface area contributed by atoms with Crippen LogP contribution >= 0.6 is 0 Å². The summed E-state index contributed by atoms with van der Waals surface area (Å²) in [6.45, 7) is 0.935. The summed E-state index contributed by atoms with van der Waals surface area (Å²) in [5.41, 5.74) is 4.32. The molecule has 0 spiro atoms. The van der Waals surface area contributed by atoms with Crippen LogP contribution in [0.25, 0.3) is 0 Å². The fraction of sp³-hybridized carbons (Fsp3) is 0.625. The summed E-state index contributed by atoms with van der Waals surface area (Å²) in [7, 11) is 5.95. The molecule has 1 aromatic rings. The lowest BCUT2D eigenvalue weighted by Gasteiger charge is -2.10. The van der Waals surface area contributed by atoms with Gasteiger partial charge < -0.3 is 4.57 Å². The van der Waals surface area contributed by atoms with E-state index < -0.39 is 0 Å². The Hall–Kier alpha value is -0.870. The average Bonchev–Trinajstić information content (AvgIpc) is 2.35. The van der Waals surface area contributed by atoms with Crippen LogP contribution in [0.2, 0.25) is 0 Å². The minimum Gasteiger partial charge on any atom is -0.340 e. The molecule has 0 radical (unpaired) electrons. The molecule has 12 heavy (non-hydrogen) atoms. The molecular weight excluding hydrogens is 152 g/mol. The highest BCUT2D eigenvalue weighted by molar-refractivity contribution is 4.96. The van der Waals surface area contributed by atoms with Crippen LogP contribution in [0.4, 0.5) is 0 Å². The minimum absolute atomic E-state index is 0.935. The van der Waals surface area contributed by atoms with E-state index in [0.29, 0.717) is 0 Å². The van der Waals surface area contributed by atoms with Crippen LogP contribution in [0.5, 0.6) is 0 Å². The summed E-state index contributed by atoms with van der Waals surface area (Å²) in [5, 5.41) is 1.95. The molecule has 0 aliphatic rings. The number of nitrogens with one attached hydrogen (secondary N) is 1. The lowest BCUT2D eigenvalue weighted by Crippen LogP contribution is -2.32. The fourth-order valence-corrected chi connectivity index (χ4v) is 1.00. The summed E-state index contributed by atoms with van der Waals surface area (Å²) < 4.78 is 1.96. The highest BCUT2D eigenvalue weighted by atomic mass is 15.5. The Bertz CT molecular complexity index is 229. The second kappa shape index (κ2) is 4.23. The van der Waals surface area contributed by atoms with Crippen molar-refractivity contribution >= 4 is 0 Å². The molecule has 0 unspecified atom stereocenters. The number of nitrogens with zero attached hydrogens (tertiary/aromatic N) is 3. The molecule has 68 valence electrons. The van der Waals surface area contributed by atoms with Crippen LogP contribution < -0.4 is 5.43 Å². The molecule has 0 saturated heterocycles. The predicted octanol–water partition coefficient (Wildman–Crippen LogP) is 0.0288. The van der Waals surface area contributed by atoms with E-state index >= 15 is 0 Å². The highest BCUT2D eigenvalue weighted by Crippen LogP contribution is 1.93. The number of hydrogen-bond acceptors (Lipinski definition) is 3. The number of hydrogen-bond donors (Lipinski definition) is 1. The van der Waals surface area contributed by atoms with E-state index in [1.807, 2.05) is 43.2 Å². The van der Waals surface area contributed by atoms with Crippen molar-refractivity contribution in [2.45, 2.75) is 6.42 Å². The molecule has 4 heteroatoms. The van der Waals surface area contributed by atoms with Crippen LogP contribution in [0, 0.1) is 0 Å². The van der Waals surface area contributed by atoms with Crippen LogP contribution in [0.3, 0.4) is 0 Å². The van der Waals surface area contributed by atoms with Gasteiger partial charge in [-0.1, -0.05) is 0 Å². The van der Waals surface area contributed by atoms with Gasteiger partial charge in [0, 0.05) is 40.3 Å². The first-order chi connectivity index (χ1) is 5.68. The van der Waals surface area contributed by atoms with Gasteiger partial charge in [0.1, 0.15) is 0 Å². The SMILES string of the molecule is CN(C)NCCc1cn(C)cn1. The molecule has 0 atom stereocenters. The molecule has 1 aromatic heterocycles. The van der Waals surface area contributed by atoms with E-state index in [1.165, 1.54) is 0 Å². The monoisotopic (exact) mass is 168 g/mol. The Morgan fingerprint density at radius 3 is 2.83 bits per heavy atom. The Labute approximate surface area is 73.2 Å². The third kappa shape index (κ3) is 3.02. The minimum atomic E-state index is 0.935. The smallest absolute Gasteiger partial charge is 0.0946 e. The van der Waals surface area contributed by atoms with Crippen LogP contribution in [-0.4, -0.2) is 35.2 Å². The van der Waals surface area contributed by atoms with Gasteiger partial charge in [0.2, 0.25) is 0 Å². The molecule has 1 heterocycles. The molecule has 0 bridgehead atoms. The Morgan fingerprint density at radius 1 is 1.58 bits per heavy atom. The first kappa shape index (κ1) is 9.22. The van der Waals surface area contributed by atoms with E-state index in [9.17, 15) is 0 Å². The molecular formula is C8H16N4. The van der Waals surface area contributed by atoms with Crippen LogP contribution in [0.1, 0.15) is 5.69 Å². The molecule has 0 saturated carbocycles. The van der Waals surface area contributed by atoms with Gasteiger partial charge in [-0.3, -0.25) is 10.4 Å². The number of aromatic nitrogens is 2. The van der Waals surface area contributed by atoms with Gasteiger partial charge in [-0.2, -0.15) is 0 Å². The van der Waals surface area contributed by atoms with Gasteiger partial charge in [0.15, 0.2) is 0 Å². The van der Waals surface area contributed by atoms with Crippen molar-refractivity contribution in [3.63, 3.8) is 0 Å². The zero-order valence-electron chi connectivity index (χ0n) is 7.91. The molecule has 4 nitrogen and oxygen atoms in total. The second-order valence-corrected chi connectivity index (χ2v) is 3.08. The third-order valence-electron chi connectivity index (χ3n) is 1.57. The summed E-state index contributed by atoms with van der Waals surface area (Å²) in [6.07, 6.45) is 4.83. The molecule has 0 aromatic carbocycles. The van der Waals surface area contributed by atoms with Crippen molar-refractivity contribution in [3.05, 3.63) is 18.2 Å². The Balaban J connectivity index is 2.24. The number of hydrazine groups is 1. The maximum absolute atomic E-state index is 4.22. The fourth-order valence-electron chi connectivity index (χ4n) is 1.00. The summed E-state index contributed by atoms with van der Waals surface area (Å²) in [5.74, 6) is 0. The van der Waals surface area contributed by atoms with Gasteiger partial charge in [0.05, 0.1) is 12.0 Å². The molecule has 1 N–H and O–H groups in total. The number of imidazole rings is 1. The van der Waals surface area contributed by atoms with E-state index in [2.05, 4.69) is 10.4 Å². The van der Waals surface area contributed by atoms with Crippen molar-refractivity contribution < 1.29 is 0 Å². The largest absolute Gasteiger partial charge is 0.340 e. The van der Waals surface area contributed by atoms with Gasteiger partial charge >= 0.3 is 0 Å². The molecule has 0 aliphatic heterocycles. The van der Waals surface area contributed by atoms with Crippen LogP contribution in [0.15, 0.2) is 12.5 Å². The molecule has 0 fully saturated rings. The van der Waals surface area contributed by atoms with Crippen molar-refractivity contribution in [1.29, 1.82) is 0 Å². The first-order valence-corrected chi connectivity index (χ1v) is 4.06. The van der Waals surface area contributed by atoms with Crippen molar-refractivity contribution in [2.75, 3.05) is 20.6 Å². The maximum Gasteiger partial charge on any atom is 0.0946 e. The normalized spacial score (nSPS) is 11.0. The molecule has 0 aliphatic carbocycles. The zero-order valence-corrected chi connectivity index (χ0v) is 7.91. The predicted molar refractivity (Wildman–Crippen MR) is 48.6 cm³/mol. The van der Waals surface area contributed by atoms with E-state index in [4.69, 9.17) is 0 Å². The first-order valence-electron chi connectivity index (χ1n) is 4.06. The zero-order chi connectivity index (χ0) is 8.97. The van der Waals surface area contributed by atoms with Gasteiger partial charge in [-0.15, -0.1) is 0 Å². The second-order valence-electron chi connectivity index (χ2n) is 3.08. The van der Waals surface area contributed by atoms with Gasteiger partial charge in [-0.25, -0.2) is 4.98 Å². The van der Waals surface area contributed by atoms with Crippen LogP contribution in [-0.2, 0) is 13.5 Å².